The first-order valence-corrected chi connectivity index (χ1v) is 9.15. The summed E-state index contributed by atoms with van der Waals surface area (Å²) in [7, 11) is 0. The number of carbonyl (C=O) groups is 3. The van der Waals surface area contributed by atoms with E-state index in [9.17, 15) is 14.4 Å². The smallest absolute Gasteiger partial charge is 0.270 e. The number of carbonyl (C=O) groups excluding carboxylic acids is 3. The number of aryl methyl sites for hydroxylation is 1. The second kappa shape index (κ2) is 8.66. The van der Waals surface area contributed by atoms with Gasteiger partial charge in [0.25, 0.3) is 11.8 Å². The van der Waals surface area contributed by atoms with Gasteiger partial charge in [-0.05, 0) is 25.5 Å². The Bertz CT molecular complexity index is 745. The third-order valence-electron chi connectivity index (χ3n) is 4.67. The number of nitrogens with one attached hydrogen (secondary N) is 1. The van der Waals surface area contributed by atoms with Crippen molar-refractivity contribution in [2.75, 3.05) is 32.8 Å². The third kappa shape index (κ3) is 5.06. The van der Waals surface area contributed by atoms with Crippen molar-refractivity contribution >= 4 is 23.4 Å². The average Bonchev–Trinajstić information content (AvgIpc) is 2.94. The van der Waals surface area contributed by atoms with Gasteiger partial charge in [-0.3, -0.25) is 14.4 Å². The summed E-state index contributed by atoms with van der Waals surface area (Å²) in [5.41, 5.74) is 3.86. The van der Waals surface area contributed by atoms with E-state index in [-0.39, 0.29) is 30.7 Å². The fraction of sp³-hybridized carbons (Fsp3) is 0.474. The van der Waals surface area contributed by atoms with Gasteiger partial charge in [0.05, 0.1) is 0 Å². The van der Waals surface area contributed by atoms with Gasteiger partial charge in [0.1, 0.15) is 11.5 Å². The predicted molar refractivity (Wildman–Crippen MR) is 99.3 cm³/mol. The molecule has 8 heteroatoms. The van der Waals surface area contributed by atoms with Gasteiger partial charge in [-0.15, -0.1) is 0 Å². The number of ether oxygens (including phenoxy) is 1. The summed E-state index contributed by atoms with van der Waals surface area (Å²) in [4.78, 5) is 39.6. The number of hydrogen-bond acceptors (Lipinski definition) is 5. The van der Waals surface area contributed by atoms with E-state index in [0.29, 0.717) is 50.5 Å². The largest absolute Gasteiger partial charge is 0.484 e. The van der Waals surface area contributed by atoms with Crippen LogP contribution in [0.3, 0.4) is 0 Å². The molecule has 2 aliphatic rings. The van der Waals surface area contributed by atoms with Crippen molar-refractivity contribution in [1.82, 2.24) is 15.2 Å². The zero-order chi connectivity index (χ0) is 19.2. The standard InChI is InChI=1S/C19H24N4O4/c1-14-3-5-15(6-4-14)27-13-18(25)22-9-2-10-23(12-11-22)19(26)16-7-8-17(24)21-20-16/h3-6H,2,7-13H2,1H3,(H,21,24). The van der Waals surface area contributed by atoms with Crippen LogP contribution < -0.4 is 10.2 Å². The molecule has 3 amide bonds. The van der Waals surface area contributed by atoms with Crippen molar-refractivity contribution in [3.05, 3.63) is 29.8 Å². The Morgan fingerprint density at radius 2 is 1.78 bits per heavy atom. The second-order valence-corrected chi connectivity index (χ2v) is 6.72. The first kappa shape index (κ1) is 18.9. The normalized spacial score (nSPS) is 17.7. The van der Waals surface area contributed by atoms with E-state index >= 15 is 0 Å². The Morgan fingerprint density at radius 1 is 1.07 bits per heavy atom. The van der Waals surface area contributed by atoms with Gasteiger partial charge in [0.2, 0.25) is 5.91 Å². The maximum absolute atomic E-state index is 12.5. The highest BCUT2D eigenvalue weighted by Crippen LogP contribution is 2.12. The topological polar surface area (TPSA) is 91.3 Å². The molecule has 144 valence electrons. The van der Waals surface area contributed by atoms with Crippen molar-refractivity contribution in [2.24, 2.45) is 5.10 Å². The van der Waals surface area contributed by atoms with Crippen molar-refractivity contribution < 1.29 is 19.1 Å². The number of amides is 3. The minimum Gasteiger partial charge on any atom is -0.484 e. The summed E-state index contributed by atoms with van der Waals surface area (Å²) in [6.07, 6.45) is 1.33. The molecule has 1 aromatic rings. The van der Waals surface area contributed by atoms with Crippen LogP contribution in [0.4, 0.5) is 0 Å². The zero-order valence-electron chi connectivity index (χ0n) is 15.4. The van der Waals surface area contributed by atoms with Gasteiger partial charge in [-0.2, -0.15) is 5.10 Å². The summed E-state index contributed by atoms with van der Waals surface area (Å²) in [5, 5.41) is 3.86. The van der Waals surface area contributed by atoms with Crippen LogP contribution in [0.15, 0.2) is 29.4 Å². The Hall–Kier alpha value is -2.90. The molecule has 1 fully saturated rings. The summed E-state index contributed by atoms with van der Waals surface area (Å²) in [6, 6.07) is 7.56. The lowest BCUT2D eigenvalue weighted by molar-refractivity contribution is -0.133. The molecule has 2 heterocycles. The fourth-order valence-corrected chi connectivity index (χ4v) is 3.05. The molecule has 1 aromatic carbocycles. The van der Waals surface area contributed by atoms with Gasteiger partial charge in [-0.25, -0.2) is 5.43 Å². The maximum atomic E-state index is 12.5. The van der Waals surface area contributed by atoms with E-state index in [4.69, 9.17) is 4.74 Å². The van der Waals surface area contributed by atoms with E-state index in [1.54, 1.807) is 9.80 Å². The van der Waals surface area contributed by atoms with E-state index in [1.165, 1.54) is 0 Å². The highest BCUT2D eigenvalue weighted by atomic mass is 16.5. The molecule has 27 heavy (non-hydrogen) atoms. The highest BCUT2D eigenvalue weighted by molar-refractivity contribution is 6.39. The molecular formula is C19H24N4O4. The van der Waals surface area contributed by atoms with Crippen molar-refractivity contribution in [3.8, 4) is 5.75 Å². The van der Waals surface area contributed by atoms with E-state index in [2.05, 4.69) is 10.5 Å². The highest BCUT2D eigenvalue weighted by Gasteiger charge is 2.26. The molecule has 0 saturated carbocycles. The molecule has 0 atom stereocenters. The lowest BCUT2D eigenvalue weighted by atomic mass is 10.1. The van der Waals surface area contributed by atoms with E-state index in [0.717, 1.165) is 5.56 Å². The second-order valence-electron chi connectivity index (χ2n) is 6.72. The monoisotopic (exact) mass is 372 g/mol. The Kier molecular flexibility index (Phi) is 6.05. The van der Waals surface area contributed by atoms with Crippen molar-refractivity contribution in [2.45, 2.75) is 26.2 Å². The van der Waals surface area contributed by atoms with Gasteiger partial charge in [-0.1, -0.05) is 17.7 Å². The molecular weight excluding hydrogens is 348 g/mol. The molecule has 0 spiro atoms. The van der Waals surface area contributed by atoms with Crippen LogP contribution in [-0.2, 0) is 14.4 Å². The van der Waals surface area contributed by atoms with E-state index < -0.39 is 0 Å². The van der Waals surface area contributed by atoms with Gasteiger partial charge in [0.15, 0.2) is 6.61 Å². The number of hydrogen-bond donors (Lipinski definition) is 1. The van der Waals surface area contributed by atoms with Crippen LogP contribution in [-0.4, -0.2) is 66.0 Å². The number of hydrazone groups is 1. The molecule has 0 unspecified atom stereocenters. The molecule has 2 aliphatic heterocycles. The average molecular weight is 372 g/mol. The first-order valence-electron chi connectivity index (χ1n) is 9.15. The molecule has 0 aromatic heterocycles. The van der Waals surface area contributed by atoms with Crippen LogP contribution in [0, 0.1) is 6.92 Å². The van der Waals surface area contributed by atoms with Gasteiger partial charge < -0.3 is 14.5 Å². The Balaban J connectivity index is 1.50. The number of nitrogens with zero attached hydrogens (tertiary/aromatic N) is 3. The fourth-order valence-electron chi connectivity index (χ4n) is 3.05. The first-order chi connectivity index (χ1) is 13.0. The molecule has 0 bridgehead atoms. The lowest BCUT2D eigenvalue weighted by Gasteiger charge is -2.23. The summed E-state index contributed by atoms with van der Waals surface area (Å²) in [5.74, 6) is 0.234. The zero-order valence-corrected chi connectivity index (χ0v) is 15.4. The van der Waals surface area contributed by atoms with Crippen LogP contribution in [0.5, 0.6) is 5.75 Å². The molecule has 0 radical (unpaired) electrons. The quantitative estimate of drug-likeness (QED) is 0.842. The maximum Gasteiger partial charge on any atom is 0.270 e. The minimum atomic E-state index is -0.173. The van der Waals surface area contributed by atoms with Crippen LogP contribution >= 0.6 is 0 Å². The van der Waals surface area contributed by atoms with E-state index in [1.807, 2.05) is 31.2 Å². The predicted octanol–water partition coefficient (Wildman–Crippen LogP) is 0.701. The lowest BCUT2D eigenvalue weighted by Crippen LogP contribution is -2.43. The van der Waals surface area contributed by atoms with Crippen molar-refractivity contribution in [3.63, 3.8) is 0 Å². The molecule has 3 rings (SSSR count). The van der Waals surface area contributed by atoms with Gasteiger partial charge >= 0.3 is 0 Å². The summed E-state index contributed by atoms with van der Waals surface area (Å²) in [6.45, 7) is 4.03. The molecule has 8 nitrogen and oxygen atoms in total. The minimum absolute atomic E-state index is 0.0181. The van der Waals surface area contributed by atoms with Crippen molar-refractivity contribution in [1.29, 1.82) is 0 Å². The van der Waals surface area contributed by atoms with Crippen LogP contribution in [0.25, 0.3) is 0 Å². The molecule has 1 saturated heterocycles. The summed E-state index contributed by atoms with van der Waals surface area (Å²) >= 11 is 0. The Labute approximate surface area is 158 Å². The van der Waals surface area contributed by atoms with Crippen LogP contribution in [0.2, 0.25) is 0 Å². The third-order valence-corrected chi connectivity index (χ3v) is 4.67. The summed E-state index contributed by atoms with van der Waals surface area (Å²) < 4.78 is 5.57. The number of rotatable bonds is 4. The number of benzene rings is 1. The van der Waals surface area contributed by atoms with Crippen LogP contribution in [0.1, 0.15) is 24.8 Å². The van der Waals surface area contributed by atoms with Gasteiger partial charge in [0, 0.05) is 39.0 Å². The molecule has 0 aliphatic carbocycles. The Morgan fingerprint density at radius 3 is 2.48 bits per heavy atom. The molecule has 1 N–H and O–H groups in total. The SMILES string of the molecule is Cc1ccc(OCC(=O)N2CCCN(C(=O)C3=NNC(=O)CC3)CC2)cc1.